The fourth-order valence-electron chi connectivity index (χ4n) is 3.23. The van der Waals surface area contributed by atoms with Gasteiger partial charge in [0.15, 0.2) is 11.5 Å². The van der Waals surface area contributed by atoms with Crippen molar-refractivity contribution in [1.82, 2.24) is 4.90 Å². The summed E-state index contributed by atoms with van der Waals surface area (Å²) in [6.45, 7) is 6.89. The van der Waals surface area contributed by atoms with Crippen molar-refractivity contribution in [1.29, 1.82) is 0 Å². The Bertz CT molecular complexity index is 829. The second kappa shape index (κ2) is 9.17. The van der Waals surface area contributed by atoms with Crippen molar-refractivity contribution in [3.63, 3.8) is 0 Å². The average molecular weight is 382 g/mol. The monoisotopic (exact) mass is 382 g/mol. The third kappa shape index (κ3) is 4.39. The summed E-state index contributed by atoms with van der Waals surface area (Å²) in [6, 6.07) is 13.3. The van der Waals surface area contributed by atoms with Crippen LogP contribution in [0.1, 0.15) is 10.4 Å². The van der Waals surface area contributed by atoms with Crippen LogP contribution in [0.3, 0.4) is 0 Å². The lowest BCUT2D eigenvalue weighted by Gasteiger charge is -2.36. The van der Waals surface area contributed by atoms with Crippen LogP contribution in [-0.4, -0.2) is 57.8 Å². The van der Waals surface area contributed by atoms with Gasteiger partial charge in [0.05, 0.1) is 14.2 Å². The number of carbonyl (C=O) groups is 1. The van der Waals surface area contributed by atoms with Crippen LogP contribution in [0, 0.1) is 0 Å². The van der Waals surface area contributed by atoms with Crippen LogP contribution < -0.4 is 19.1 Å². The molecular formula is C22H26N2O4. The van der Waals surface area contributed by atoms with Crippen LogP contribution >= 0.6 is 0 Å². The first kappa shape index (κ1) is 19.6. The minimum Gasteiger partial charge on any atom is -0.497 e. The van der Waals surface area contributed by atoms with E-state index < -0.39 is 0 Å². The zero-order chi connectivity index (χ0) is 19.9. The van der Waals surface area contributed by atoms with Gasteiger partial charge in [-0.15, -0.1) is 0 Å². The molecule has 2 aromatic rings. The normalized spacial score (nSPS) is 13.8. The van der Waals surface area contributed by atoms with Gasteiger partial charge in [-0.1, -0.05) is 18.7 Å². The lowest BCUT2D eigenvalue weighted by atomic mass is 10.1. The number of methoxy groups -OCH3 is 2. The Hall–Kier alpha value is -3.15. The predicted octanol–water partition coefficient (Wildman–Crippen LogP) is 3.23. The number of anilines is 1. The van der Waals surface area contributed by atoms with Gasteiger partial charge in [-0.05, 0) is 30.3 Å². The highest BCUT2D eigenvalue weighted by Gasteiger charge is 2.23. The van der Waals surface area contributed by atoms with E-state index in [1.165, 1.54) is 0 Å². The van der Waals surface area contributed by atoms with Gasteiger partial charge in [0.1, 0.15) is 12.4 Å². The molecule has 1 heterocycles. The number of nitrogens with zero attached hydrogens (tertiary/aromatic N) is 2. The van der Waals surface area contributed by atoms with E-state index in [4.69, 9.17) is 14.2 Å². The minimum atomic E-state index is -0.00105. The molecule has 6 heteroatoms. The Balaban J connectivity index is 1.65. The van der Waals surface area contributed by atoms with Crippen molar-refractivity contribution < 1.29 is 19.0 Å². The fourth-order valence-corrected chi connectivity index (χ4v) is 3.23. The lowest BCUT2D eigenvalue weighted by Crippen LogP contribution is -2.48. The summed E-state index contributed by atoms with van der Waals surface area (Å²) < 4.78 is 16.2. The molecule has 1 fully saturated rings. The highest BCUT2D eigenvalue weighted by Crippen LogP contribution is 2.29. The molecule has 0 unspecified atom stereocenters. The molecule has 28 heavy (non-hydrogen) atoms. The van der Waals surface area contributed by atoms with Crippen molar-refractivity contribution in [2.24, 2.45) is 0 Å². The van der Waals surface area contributed by atoms with E-state index in [9.17, 15) is 4.79 Å². The summed E-state index contributed by atoms with van der Waals surface area (Å²) >= 11 is 0. The maximum atomic E-state index is 12.9. The number of amides is 1. The molecular weight excluding hydrogens is 356 g/mol. The Kier molecular flexibility index (Phi) is 6.42. The molecule has 0 N–H and O–H groups in total. The van der Waals surface area contributed by atoms with Crippen LogP contribution in [0.4, 0.5) is 5.69 Å². The molecule has 0 saturated carbocycles. The maximum Gasteiger partial charge on any atom is 0.254 e. The predicted molar refractivity (Wildman–Crippen MR) is 110 cm³/mol. The van der Waals surface area contributed by atoms with E-state index in [0.717, 1.165) is 24.5 Å². The largest absolute Gasteiger partial charge is 0.497 e. The van der Waals surface area contributed by atoms with Crippen LogP contribution in [0.5, 0.6) is 17.2 Å². The number of carbonyl (C=O) groups excluding carboxylic acids is 1. The molecule has 0 spiro atoms. The van der Waals surface area contributed by atoms with Gasteiger partial charge in [0.2, 0.25) is 0 Å². The summed E-state index contributed by atoms with van der Waals surface area (Å²) in [5.41, 5.74) is 1.70. The first-order chi connectivity index (χ1) is 13.7. The molecule has 1 aliphatic heterocycles. The van der Waals surface area contributed by atoms with Crippen LogP contribution in [0.25, 0.3) is 0 Å². The Morgan fingerprint density at radius 1 is 1.04 bits per heavy atom. The zero-order valence-electron chi connectivity index (χ0n) is 16.4. The SMILES string of the molecule is C=CCOc1ccc(C(=O)N2CCN(c3cccc(OC)c3)CC2)cc1OC. The van der Waals surface area contributed by atoms with E-state index in [1.807, 2.05) is 23.1 Å². The Labute approximate surface area is 165 Å². The summed E-state index contributed by atoms with van der Waals surface area (Å²) in [4.78, 5) is 17.0. The smallest absolute Gasteiger partial charge is 0.254 e. The summed E-state index contributed by atoms with van der Waals surface area (Å²) in [5, 5.41) is 0. The van der Waals surface area contributed by atoms with E-state index in [2.05, 4.69) is 17.5 Å². The van der Waals surface area contributed by atoms with Gasteiger partial charge in [0.25, 0.3) is 5.91 Å². The molecule has 0 aliphatic carbocycles. The van der Waals surface area contributed by atoms with Crippen molar-refractivity contribution in [3.05, 3.63) is 60.7 Å². The molecule has 1 aliphatic rings. The lowest BCUT2D eigenvalue weighted by molar-refractivity contribution is 0.0746. The van der Waals surface area contributed by atoms with Crippen molar-refractivity contribution >= 4 is 11.6 Å². The van der Waals surface area contributed by atoms with Gasteiger partial charge in [-0.2, -0.15) is 0 Å². The molecule has 2 aromatic carbocycles. The maximum absolute atomic E-state index is 12.9. The van der Waals surface area contributed by atoms with E-state index >= 15 is 0 Å². The number of rotatable bonds is 7. The number of piperazine rings is 1. The average Bonchev–Trinajstić information content (AvgIpc) is 2.77. The number of ether oxygens (including phenoxy) is 3. The molecule has 0 atom stereocenters. The minimum absolute atomic E-state index is 0.00105. The van der Waals surface area contributed by atoms with Crippen LogP contribution in [-0.2, 0) is 0 Å². The first-order valence-corrected chi connectivity index (χ1v) is 9.26. The number of hydrogen-bond donors (Lipinski definition) is 0. The van der Waals surface area contributed by atoms with Gasteiger partial charge in [-0.25, -0.2) is 0 Å². The molecule has 1 amide bonds. The van der Waals surface area contributed by atoms with E-state index in [0.29, 0.717) is 36.8 Å². The van der Waals surface area contributed by atoms with Gasteiger partial charge in [-0.3, -0.25) is 4.79 Å². The van der Waals surface area contributed by atoms with Crippen molar-refractivity contribution in [2.75, 3.05) is 51.9 Å². The fraction of sp³-hybridized carbons (Fsp3) is 0.318. The summed E-state index contributed by atoms with van der Waals surface area (Å²) in [6.07, 6.45) is 1.67. The van der Waals surface area contributed by atoms with Crippen molar-refractivity contribution in [3.8, 4) is 17.2 Å². The van der Waals surface area contributed by atoms with E-state index in [-0.39, 0.29) is 5.91 Å². The Morgan fingerprint density at radius 2 is 1.82 bits per heavy atom. The van der Waals surface area contributed by atoms with Crippen molar-refractivity contribution in [2.45, 2.75) is 0 Å². The molecule has 3 rings (SSSR count). The van der Waals surface area contributed by atoms with Crippen LogP contribution in [0.15, 0.2) is 55.1 Å². The quantitative estimate of drug-likeness (QED) is 0.688. The number of hydrogen-bond acceptors (Lipinski definition) is 5. The standard InChI is InChI=1S/C22H26N2O4/c1-4-14-28-20-9-8-17(15-21(20)27-3)22(25)24-12-10-23(11-13-24)18-6-5-7-19(16-18)26-2/h4-9,15-16H,1,10-14H2,2-3H3. The topological polar surface area (TPSA) is 51.2 Å². The van der Waals surface area contributed by atoms with Gasteiger partial charge in [0, 0.05) is 43.5 Å². The molecule has 6 nitrogen and oxygen atoms in total. The zero-order valence-corrected chi connectivity index (χ0v) is 16.4. The molecule has 0 aromatic heterocycles. The van der Waals surface area contributed by atoms with Gasteiger partial charge < -0.3 is 24.0 Å². The third-order valence-corrected chi connectivity index (χ3v) is 4.75. The summed E-state index contributed by atoms with van der Waals surface area (Å²) in [7, 11) is 3.23. The molecule has 148 valence electrons. The molecule has 0 radical (unpaired) electrons. The highest BCUT2D eigenvalue weighted by molar-refractivity contribution is 5.95. The third-order valence-electron chi connectivity index (χ3n) is 4.75. The first-order valence-electron chi connectivity index (χ1n) is 9.26. The molecule has 1 saturated heterocycles. The second-order valence-corrected chi connectivity index (χ2v) is 6.45. The summed E-state index contributed by atoms with van der Waals surface area (Å²) in [5.74, 6) is 1.98. The van der Waals surface area contributed by atoms with E-state index in [1.54, 1.807) is 38.5 Å². The molecule has 0 bridgehead atoms. The van der Waals surface area contributed by atoms with Gasteiger partial charge >= 0.3 is 0 Å². The highest BCUT2D eigenvalue weighted by atomic mass is 16.5. The second-order valence-electron chi connectivity index (χ2n) is 6.45. The Morgan fingerprint density at radius 3 is 2.50 bits per heavy atom. The number of benzene rings is 2. The van der Waals surface area contributed by atoms with Crippen LogP contribution in [0.2, 0.25) is 0 Å².